The summed E-state index contributed by atoms with van der Waals surface area (Å²) in [6.07, 6.45) is 0. The third kappa shape index (κ3) is 3.68. The fourth-order valence-electron chi connectivity index (χ4n) is 1.82. The fraction of sp³-hybridized carbons (Fsp3) is 0.118. The summed E-state index contributed by atoms with van der Waals surface area (Å²) >= 11 is 0. The summed E-state index contributed by atoms with van der Waals surface area (Å²) in [6, 6.07) is 11.3. The topological polar surface area (TPSA) is 49.3 Å². The van der Waals surface area contributed by atoms with Crippen LogP contribution in [0, 0.1) is 24.6 Å². The van der Waals surface area contributed by atoms with Gasteiger partial charge in [-0.3, -0.25) is 4.79 Å². The summed E-state index contributed by atoms with van der Waals surface area (Å²) in [5.74, 6) is 3.96. The van der Waals surface area contributed by atoms with E-state index in [4.69, 9.17) is 5.11 Å². The zero-order valence-electron chi connectivity index (χ0n) is 11.5. The van der Waals surface area contributed by atoms with E-state index in [9.17, 15) is 9.18 Å². The van der Waals surface area contributed by atoms with Gasteiger partial charge in [-0.2, -0.15) is 0 Å². The number of amides is 1. The normalized spacial score (nSPS) is 9.67. The lowest BCUT2D eigenvalue weighted by Gasteiger charge is -2.09. The number of halogens is 1. The lowest BCUT2D eigenvalue weighted by Crippen LogP contribution is -2.14. The van der Waals surface area contributed by atoms with Crippen LogP contribution >= 0.6 is 0 Å². The number of benzene rings is 2. The molecule has 0 saturated heterocycles. The van der Waals surface area contributed by atoms with Gasteiger partial charge < -0.3 is 10.4 Å². The largest absolute Gasteiger partial charge is 0.384 e. The fourth-order valence-corrected chi connectivity index (χ4v) is 1.82. The molecule has 0 fully saturated rings. The standard InChI is InChI=1S/C17H14FNO2/c1-12-5-2-3-7-16(12)19-17(21)14-11-13(6-4-10-20)8-9-15(14)18/h2-3,5,7-9,11,20H,10H2,1H3,(H,19,21). The molecule has 0 aromatic heterocycles. The summed E-state index contributed by atoms with van der Waals surface area (Å²) < 4.78 is 13.8. The molecule has 2 rings (SSSR count). The Balaban J connectivity index is 2.28. The number of anilines is 1. The van der Waals surface area contributed by atoms with Gasteiger partial charge in [0.25, 0.3) is 5.91 Å². The number of nitrogens with one attached hydrogen (secondary N) is 1. The maximum atomic E-state index is 13.8. The number of carbonyl (C=O) groups excluding carboxylic acids is 1. The van der Waals surface area contributed by atoms with Crippen LogP contribution in [-0.4, -0.2) is 17.6 Å². The third-order valence-corrected chi connectivity index (χ3v) is 2.92. The van der Waals surface area contributed by atoms with Crippen molar-refractivity contribution in [2.24, 2.45) is 0 Å². The SMILES string of the molecule is Cc1ccccc1NC(=O)c1cc(C#CCO)ccc1F. The highest BCUT2D eigenvalue weighted by molar-refractivity contribution is 6.05. The Labute approximate surface area is 122 Å². The molecular formula is C17H14FNO2. The van der Waals surface area contributed by atoms with Gasteiger partial charge in [-0.1, -0.05) is 30.0 Å². The maximum Gasteiger partial charge on any atom is 0.258 e. The molecule has 4 heteroatoms. The minimum absolute atomic E-state index is 0.0806. The van der Waals surface area contributed by atoms with E-state index in [0.717, 1.165) is 5.56 Å². The number of aliphatic hydroxyl groups excluding tert-OH is 1. The number of aryl methyl sites for hydroxylation is 1. The van der Waals surface area contributed by atoms with Crippen molar-refractivity contribution in [3.8, 4) is 11.8 Å². The van der Waals surface area contributed by atoms with Gasteiger partial charge in [0, 0.05) is 11.3 Å². The van der Waals surface area contributed by atoms with E-state index in [1.807, 2.05) is 19.1 Å². The van der Waals surface area contributed by atoms with Crippen molar-refractivity contribution in [3.05, 3.63) is 65.0 Å². The maximum absolute atomic E-state index is 13.8. The van der Waals surface area contributed by atoms with E-state index < -0.39 is 11.7 Å². The number of aliphatic hydroxyl groups is 1. The second-order valence-corrected chi connectivity index (χ2v) is 4.42. The van der Waals surface area contributed by atoms with Crippen LogP contribution < -0.4 is 5.32 Å². The van der Waals surface area contributed by atoms with Gasteiger partial charge in [-0.05, 0) is 36.8 Å². The van der Waals surface area contributed by atoms with Gasteiger partial charge in [0.05, 0.1) is 5.56 Å². The average Bonchev–Trinajstić information content (AvgIpc) is 2.48. The van der Waals surface area contributed by atoms with E-state index >= 15 is 0 Å². The first kappa shape index (κ1) is 14.8. The third-order valence-electron chi connectivity index (χ3n) is 2.92. The van der Waals surface area contributed by atoms with Crippen molar-refractivity contribution < 1.29 is 14.3 Å². The summed E-state index contributed by atoms with van der Waals surface area (Å²) in [4.78, 5) is 12.2. The Hall–Kier alpha value is -2.64. The van der Waals surface area contributed by atoms with Crippen LogP contribution in [0.4, 0.5) is 10.1 Å². The Morgan fingerprint density at radius 2 is 2.05 bits per heavy atom. The van der Waals surface area contributed by atoms with E-state index in [1.165, 1.54) is 18.2 Å². The number of carbonyl (C=O) groups is 1. The Kier molecular flexibility index (Phi) is 4.70. The monoisotopic (exact) mass is 283 g/mol. The molecule has 3 nitrogen and oxygen atoms in total. The molecule has 0 spiro atoms. The molecule has 2 N–H and O–H groups in total. The summed E-state index contributed by atoms with van der Waals surface area (Å²) in [7, 11) is 0. The number of para-hydroxylation sites is 1. The molecule has 2 aromatic carbocycles. The second-order valence-electron chi connectivity index (χ2n) is 4.42. The van der Waals surface area contributed by atoms with E-state index in [2.05, 4.69) is 17.2 Å². The van der Waals surface area contributed by atoms with Gasteiger partial charge in [0.15, 0.2) is 0 Å². The molecule has 0 unspecified atom stereocenters. The lowest BCUT2D eigenvalue weighted by atomic mass is 10.1. The van der Waals surface area contributed by atoms with Gasteiger partial charge >= 0.3 is 0 Å². The molecule has 0 aliphatic carbocycles. The summed E-state index contributed by atoms with van der Waals surface area (Å²) in [5, 5.41) is 11.3. The van der Waals surface area contributed by atoms with Crippen LogP contribution in [0.15, 0.2) is 42.5 Å². The molecule has 0 heterocycles. The van der Waals surface area contributed by atoms with Crippen molar-refractivity contribution in [2.75, 3.05) is 11.9 Å². The minimum atomic E-state index is -0.615. The van der Waals surface area contributed by atoms with Gasteiger partial charge in [-0.15, -0.1) is 0 Å². The van der Waals surface area contributed by atoms with Crippen LogP contribution in [0.5, 0.6) is 0 Å². The Bertz CT molecular complexity index is 729. The zero-order valence-corrected chi connectivity index (χ0v) is 11.5. The highest BCUT2D eigenvalue weighted by Gasteiger charge is 2.13. The van der Waals surface area contributed by atoms with Gasteiger partial charge in [0.2, 0.25) is 0 Å². The van der Waals surface area contributed by atoms with E-state index in [1.54, 1.807) is 12.1 Å². The first-order valence-corrected chi connectivity index (χ1v) is 6.38. The lowest BCUT2D eigenvalue weighted by molar-refractivity contribution is 0.102. The van der Waals surface area contributed by atoms with Gasteiger partial charge in [0.1, 0.15) is 12.4 Å². The molecule has 106 valence electrons. The molecule has 0 radical (unpaired) electrons. The van der Waals surface area contributed by atoms with Gasteiger partial charge in [-0.25, -0.2) is 4.39 Å². The van der Waals surface area contributed by atoms with E-state index in [0.29, 0.717) is 11.3 Å². The molecule has 1 amide bonds. The smallest absolute Gasteiger partial charge is 0.258 e. The summed E-state index contributed by atoms with van der Waals surface area (Å²) in [5.41, 5.74) is 1.92. The van der Waals surface area contributed by atoms with Crippen molar-refractivity contribution in [1.29, 1.82) is 0 Å². The van der Waals surface area contributed by atoms with Crippen LogP contribution in [0.3, 0.4) is 0 Å². The first-order valence-electron chi connectivity index (χ1n) is 6.38. The molecule has 0 aliphatic heterocycles. The van der Waals surface area contributed by atoms with Crippen molar-refractivity contribution in [2.45, 2.75) is 6.92 Å². The molecule has 21 heavy (non-hydrogen) atoms. The molecule has 0 atom stereocenters. The Morgan fingerprint density at radius 3 is 2.76 bits per heavy atom. The quantitative estimate of drug-likeness (QED) is 0.833. The highest BCUT2D eigenvalue weighted by Crippen LogP contribution is 2.16. The number of rotatable bonds is 2. The first-order chi connectivity index (χ1) is 10.1. The average molecular weight is 283 g/mol. The zero-order chi connectivity index (χ0) is 15.2. The van der Waals surface area contributed by atoms with Crippen LogP contribution in [0.1, 0.15) is 21.5 Å². The minimum Gasteiger partial charge on any atom is -0.384 e. The summed E-state index contributed by atoms with van der Waals surface area (Å²) in [6.45, 7) is 1.57. The van der Waals surface area contributed by atoms with E-state index in [-0.39, 0.29) is 12.2 Å². The molecule has 0 aliphatic rings. The highest BCUT2D eigenvalue weighted by atomic mass is 19.1. The molecular weight excluding hydrogens is 269 g/mol. The molecule has 0 bridgehead atoms. The van der Waals surface area contributed by atoms with Crippen LogP contribution in [0.25, 0.3) is 0 Å². The molecule has 0 saturated carbocycles. The molecule has 2 aromatic rings. The number of hydrogen-bond acceptors (Lipinski definition) is 2. The Morgan fingerprint density at radius 1 is 1.29 bits per heavy atom. The predicted molar refractivity (Wildman–Crippen MR) is 79.5 cm³/mol. The van der Waals surface area contributed by atoms with Crippen LogP contribution in [-0.2, 0) is 0 Å². The second kappa shape index (κ2) is 6.69. The van der Waals surface area contributed by atoms with Crippen molar-refractivity contribution in [3.63, 3.8) is 0 Å². The van der Waals surface area contributed by atoms with Crippen LogP contribution in [0.2, 0.25) is 0 Å². The predicted octanol–water partition coefficient (Wildman–Crippen LogP) is 2.73. The van der Waals surface area contributed by atoms with Crippen molar-refractivity contribution in [1.82, 2.24) is 0 Å². The van der Waals surface area contributed by atoms with Crippen molar-refractivity contribution >= 4 is 11.6 Å². The number of hydrogen-bond donors (Lipinski definition) is 2.